The van der Waals surface area contributed by atoms with Gasteiger partial charge >= 0.3 is 0 Å². The summed E-state index contributed by atoms with van der Waals surface area (Å²) in [4.78, 5) is 12.0. The number of hydrogen-bond acceptors (Lipinski definition) is 2. The lowest BCUT2D eigenvalue weighted by Gasteiger charge is -2.49. The first-order chi connectivity index (χ1) is 8.71. The summed E-state index contributed by atoms with van der Waals surface area (Å²) < 4.78 is 7.24. The van der Waals surface area contributed by atoms with Crippen molar-refractivity contribution in [1.82, 2.24) is 0 Å². The summed E-state index contributed by atoms with van der Waals surface area (Å²) in [7, 11) is 0. The van der Waals surface area contributed by atoms with E-state index in [4.69, 9.17) is 4.74 Å². The summed E-state index contributed by atoms with van der Waals surface area (Å²) in [6.45, 7) is 0. The summed E-state index contributed by atoms with van der Waals surface area (Å²) in [6, 6.07) is 8.09. The third kappa shape index (κ3) is 2.06. The number of benzene rings is 1. The fourth-order valence-electron chi connectivity index (χ4n) is 3.26. The lowest BCUT2D eigenvalue weighted by molar-refractivity contribution is -0.156. The van der Waals surface area contributed by atoms with Gasteiger partial charge in [0.1, 0.15) is 17.6 Å². The summed E-state index contributed by atoms with van der Waals surface area (Å²) in [5.74, 6) is 1.34. The van der Waals surface area contributed by atoms with Crippen LogP contribution >= 0.6 is 22.6 Å². The molecule has 1 atom stereocenters. The van der Waals surface area contributed by atoms with Crippen molar-refractivity contribution in [3.63, 3.8) is 0 Å². The molecule has 1 aromatic carbocycles. The maximum Gasteiger partial charge on any atom is 0.146 e. The molecule has 18 heavy (non-hydrogen) atoms. The lowest BCUT2D eigenvalue weighted by atomic mass is 9.57. The Kier molecular flexibility index (Phi) is 3.34. The number of carbonyl (C=O) groups excluding carboxylic acids is 1. The van der Waals surface area contributed by atoms with Crippen molar-refractivity contribution < 1.29 is 9.53 Å². The van der Waals surface area contributed by atoms with Gasteiger partial charge in [-0.3, -0.25) is 4.79 Å². The predicted molar refractivity (Wildman–Crippen MR) is 78.7 cm³/mol. The third-order valence-electron chi connectivity index (χ3n) is 4.36. The molecule has 0 saturated heterocycles. The van der Waals surface area contributed by atoms with Crippen molar-refractivity contribution >= 4 is 28.4 Å². The first kappa shape index (κ1) is 12.5. The third-order valence-corrected chi connectivity index (χ3v) is 5.03. The average molecular weight is 356 g/mol. The van der Waals surface area contributed by atoms with Crippen LogP contribution in [0, 0.1) is 8.99 Å². The summed E-state index contributed by atoms with van der Waals surface area (Å²) in [5.41, 5.74) is -0.139. The van der Waals surface area contributed by atoms with Gasteiger partial charge in [0.05, 0.1) is 5.41 Å². The van der Waals surface area contributed by atoms with E-state index in [1.165, 1.54) is 22.8 Å². The molecule has 2 fully saturated rings. The molecule has 0 heterocycles. The van der Waals surface area contributed by atoms with E-state index in [2.05, 4.69) is 28.7 Å². The molecule has 2 nitrogen and oxygen atoms in total. The smallest absolute Gasteiger partial charge is 0.146 e. The molecule has 0 bridgehead atoms. The summed E-state index contributed by atoms with van der Waals surface area (Å²) in [5, 5.41) is 0. The Morgan fingerprint density at radius 3 is 2.67 bits per heavy atom. The molecular formula is C15H17IO2. The van der Waals surface area contributed by atoms with E-state index >= 15 is 0 Å². The van der Waals surface area contributed by atoms with E-state index in [0.29, 0.717) is 12.2 Å². The molecule has 2 aliphatic rings. The largest absolute Gasteiger partial charge is 0.489 e. The number of carbonyl (C=O) groups is 1. The van der Waals surface area contributed by atoms with Crippen LogP contribution in [0.2, 0.25) is 0 Å². The Morgan fingerprint density at radius 2 is 2.00 bits per heavy atom. The van der Waals surface area contributed by atoms with Crippen LogP contribution < -0.4 is 4.74 Å². The Bertz CT molecular complexity index is 463. The number of Topliss-reactive ketones (excluding diaryl/α,β-unsaturated/α-hetero) is 1. The fourth-order valence-corrected chi connectivity index (χ4v) is 3.77. The first-order valence-electron chi connectivity index (χ1n) is 6.66. The Balaban J connectivity index is 1.75. The van der Waals surface area contributed by atoms with Crippen molar-refractivity contribution in [2.75, 3.05) is 0 Å². The topological polar surface area (TPSA) is 26.3 Å². The maximum absolute atomic E-state index is 12.0. The van der Waals surface area contributed by atoms with Gasteiger partial charge in [-0.15, -0.1) is 0 Å². The van der Waals surface area contributed by atoms with Gasteiger partial charge in [0, 0.05) is 9.99 Å². The maximum atomic E-state index is 12.0. The number of halogens is 1. The fraction of sp³-hybridized carbons (Fsp3) is 0.533. The molecule has 0 N–H and O–H groups in total. The quantitative estimate of drug-likeness (QED) is 0.750. The molecule has 96 valence electrons. The zero-order valence-electron chi connectivity index (χ0n) is 10.3. The van der Waals surface area contributed by atoms with Crippen LogP contribution in [0.3, 0.4) is 0 Å². The lowest BCUT2D eigenvalue weighted by Crippen LogP contribution is -2.57. The summed E-state index contributed by atoms with van der Waals surface area (Å²) >= 11 is 2.29. The molecule has 1 spiro atoms. The highest BCUT2D eigenvalue weighted by Crippen LogP contribution is 2.50. The van der Waals surface area contributed by atoms with Crippen molar-refractivity contribution in [3.8, 4) is 5.75 Å². The van der Waals surface area contributed by atoms with Crippen LogP contribution in [-0.4, -0.2) is 11.9 Å². The van der Waals surface area contributed by atoms with Gasteiger partial charge in [0.2, 0.25) is 0 Å². The standard InChI is InChI=1S/C15H17IO2/c16-11-5-4-6-12(9-11)18-14-10-13(17)15(14)7-2-1-3-8-15/h4-6,9,14H,1-3,7-8,10H2. The molecule has 0 amide bonds. The molecule has 2 aliphatic carbocycles. The number of ketones is 1. The van der Waals surface area contributed by atoms with Gasteiger partial charge in [-0.05, 0) is 53.6 Å². The molecule has 0 aliphatic heterocycles. The van der Waals surface area contributed by atoms with Gasteiger partial charge in [0.25, 0.3) is 0 Å². The monoisotopic (exact) mass is 356 g/mol. The second-order valence-electron chi connectivity index (χ2n) is 5.41. The van der Waals surface area contributed by atoms with Gasteiger partial charge in [-0.25, -0.2) is 0 Å². The molecule has 3 rings (SSSR count). The van der Waals surface area contributed by atoms with Gasteiger partial charge < -0.3 is 4.74 Å². The van der Waals surface area contributed by atoms with E-state index in [1.807, 2.05) is 18.2 Å². The van der Waals surface area contributed by atoms with Gasteiger partial charge in [-0.1, -0.05) is 25.3 Å². The van der Waals surface area contributed by atoms with Crippen molar-refractivity contribution in [3.05, 3.63) is 27.8 Å². The van der Waals surface area contributed by atoms with Gasteiger partial charge in [-0.2, -0.15) is 0 Å². The number of ether oxygens (including phenoxy) is 1. The molecule has 1 aromatic rings. The van der Waals surface area contributed by atoms with Gasteiger partial charge in [0.15, 0.2) is 0 Å². The Hall–Kier alpha value is -0.580. The Morgan fingerprint density at radius 1 is 1.22 bits per heavy atom. The van der Waals surface area contributed by atoms with E-state index in [-0.39, 0.29) is 11.5 Å². The van der Waals surface area contributed by atoms with E-state index in [9.17, 15) is 4.79 Å². The van der Waals surface area contributed by atoms with Crippen molar-refractivity contribution in [2.45, 2.75) is 44.6 Å². The zero-order chi connectivity index (χ0) is 12.6. The zero-order valence-corrected chi connectivity index (χ0v) is 12.5. The molecular weight excluding hydrogens is 339 g/mol. The SMILES string of the molecule is O=C1CC(Oc2cccc(I)c2)C12CCCCC2. The number of hydrogen-bond donors (Lipinski definition) is 0. The van der Waals surface area contributed by atoms with E-state index < -0.39 is 0 Å². The van der Waals surface area contributed by atoms with E-state index in [0.717, 1.165) is 18.6 Å². The van der Waals surface area contributed by atoms with Crippen LogP contribution in [0.25, 0.3) is 0 Å². The van der Waals surface area contributed by atoms with Crippen LogP contribution in [-0.2, 0) is 4.79 Å². The minimum absolute atomic E-state index is 0.114. The number of rotatable bonds is 2. The second kappa shape index (κ2) is 4.83. The normalized spacial score (nSPS) is 25.8. The van der Waals surface area contributed by atoms with Crippen LogP contribution in [0.5, 0.6) is 5.75 Å². The molecule has 0 radical (unpaired) electrons. The highest BCUT2D eigenvalue weighted by molar-refractivity contribution is 14.1. The molecule has 0 aromatic heterocycles. The highest BCUT2D eigenvalue weighted by atomic mass is 127. The predicted octanol–water partition coefficient (Wildman–Crippen LogP) is 3.96. The summed E-state index contributed by atoms with van der Waals surface area (Å²) in [6.07, 6.45) is 6.40. The van der Waals surface area contributed by atoms with Crippen LogP contribution in [0.4, 0.5) is 0 Å². The molecule has 3 heteroatoms. The first-order valence-corrected chi connectivity index (χ1v) is 7.74. The Labute approximate surface area is 121 Å². The average Bonchev–Trinajstić information content (AvgIpc) is 2.39. The second-order valence-corrected chi connectivity index (χ2v) is 6.65. The highest BCUT2D eigenvalue weighted by Gasteiger charge is 2.56. The molecule has 2 saturated carbocycles. The minimum atomic E-state index is -0.139. The van der Waals surface area contributed by atoms with Crippen LogP contribution in [0.15, 0.2) is 24.3 Å². The van der Waals surface area contributed by atoms with Crippen molar-refractivity contribution in [2.24, 2.45) is 5.41 Å². The van der Waals surface area contributed by atoms with Crippen molar-refractivity contribution in [1.29, 1.82) is 0 Å². The molecule has 1 unspecified atom stereocenters. The van der Waals surface area contributed by atoms with E-state index in [1.54, 1.807) is 0 Å². The minimum Gasteiger partial charge on any atom is -0.489 e. The van der Waals surface area contributed by atoms with Crippen LogP contribution in [0.1, 0.15) is 38.5 Å².